The fourth-order valence-electron chi connectivity index (χ4n) is 1.67. The number of carbonyl (C=O) groups is 6. The van der Waals surface area contributed by atoms with E-state index in [0.29, 0.717) is 0 Å². The van der Waals surface area contributed by atoms with Gasteiger partial charge in [-0.15, -0.1) is 0 Å². The maximum absolute atomic E-state index is 11.8. The van der Waals surface area contributed by atoms with Crippen LogP contribution in [0, 0.1) is 0 Å². The van der Waals surface area contributed by atoms with E-state index in [1.807, 2.05) is 0 Å². The molecule has 0 aliphatic rings. The van der Waals surface area contributed by atoms with Gasteiger partial charge in [0, 0.05) is 0 Å². The molecule has 0 spiro atoms. The summed E-state index contributed by atoms with van der Waals surface area (Å²) in [6, 6.07) is 0. The van der Waals surface area contributed by atoms with Crippen LogP contribution in [0.2, 0.25) is 0 Å². The van der Waals surface area contributed by atoms with Crippen molar-refractivity contribution in [3.8, 4) is 0 Å². The third kappa shape index (κ3) is 23.6. The Balaban J connectivity index is -0.000000243. The van der Waals surface area contributed by atoms with E-state index in [1.165, 1.54) is 20.8 Å². The van der Waals surface area contributed by atoms with Gasteiger partial charge in [-0.1, -0.05) is 44.6 Å². The minimum atomic E-state index is -1.19. The van der Waals surface area contributed by atoms with Crippen molar-refractivity contribution in [2.24, 2.45) is 0 Å². The summed E-state index contributed by atoms with van der Waals surface area (Å²) in [5.74, 6) is -4.07. The molecule has 4 N–H and O–H groups in total. The highest BCUT2D eigenvalue weighted by Crippen LogP contribution is 1.97. The molecule has 0 bridgehead atoms. The second-order valence-electron chi connectivity index (χ2n) is 5.71. The Bertz CT molecular complexity index is 612. The first-order valence-electron chi connectivity index (χ1n) is 8.41. The van der Waals surface area contributed by atoms with Crippen molar-refractivity contribution < 1.29 is 38.2 Å². The molecule has 0 fully saturated rings. The first-order valence-corrected chi connectivity index (χ1v) is 8.41. The lowest BCUT2D eigenvalue weighted by Crippen LogP contribution is -2.45. The second kappa shape index (κ2) is 26.2. The van der Waals surface area contributed by atoms with E-state index >= 15 is 0 Å². The molecule has 0 saturated heterocycles. The lowest BCUT2D eigenvalue weighted by molar-refractivity contribution is -0.156. The van der Waals surface area contributed by atoms with Crippen molar-refractivity contribution in [3.05, 3.63) is 0 Å². The maximum Gasteiger partial charge on any atom is 0.316 e. The van der Waals surface area contributed by atoms with Crippen molar-refractivity contribution in [2.75, 3.05) is 20.4 Å². The summed E-state index contributed by atoms with van der Waals surface area (Å²) in [7, 11) is 1.61. The van der Waals surface area contributed by atoms with Crippen LogP contribution in [0.15, 0.2) is 0 Å². The van der Waals surface area contributed by atoms with Gasteiger partial charge in [0.25, 0.3) is 11.8 Å². The molecular weight excluding hydrogens is 448 g/mol. The number of carbonyl (C=O) groups excluding carboxylic acids is 6. The number of amides is 3. The standard InChI is InChI=1S/C16H26N4O8.6CH4/c1-9(21)5-13(23)27-10(2)15(25)19-8-20-16(26)11(3)28-14(24)6-12(22)18-7-17-4;;;;;;/h10-11,17H,5-8H2,1-4H3,(H,18,22)(H,19,25)(H,20,26);6*1H4. The van der Waals surface area contributed by atoms with Crippen molar-refractivity contribution in [1.29, 1.82) is 0 Å². The normalized spacial score (nSPS) is 10.0. The van der Waals surface area contributed by atoms with E-state index in [1.54, 1.807) is 7.05 Å². The molecule has 0 radical (unpaired) electrons. The van der Waals surface area contributed by atoms with Crippen LogP contribution in [0.3, 0.4) is 0 Å². The van der Waals surface area contributed by atoms with Crippen LogP contribution in [0.5, 0.6) is 0 Å². The fourth-order valence-corrected chi connectivity index (χ4v) is 1.67. The van der Waals surface area contributed by atoms with E-state index in [2.05, 4.69) is 21.3 Å². The molecule has 0 saturated carbocycles. The zero-order valence-electron chi connectivity index (χ0n) is 16.2. The molecule has 12 nitrogen and oxygen atoms in total. The number of hydrogen-bond acceptors (Lipinski definition) is 9. The van der Waals surface area contributed by atoms with Crippen LogP contribution in [0.25, 0.3) is 0 Å². The first-order chi connectivity index (χ1) is 13.1. The molecule has 206 valence electrons. The summed E-state index contributed by atoms with van der Waals surface area (Å²) in [5, 5.41) is 9.64. The van der Waals surface area contributed by atoms with E-state index < -0.39 is 60.5 Å². The van der Waals surface area contributed by atoms with Gasteiger partial charge in [0.05, 0.1) is 13.3 Å². The molecule has 3 amide bonds. The topological polar surface area (TPSA) is 169 Å². The zero-order valence-corrected chi connectivity index (χ0v) is 16.2. The minimum absolute atomic E-state index is 0. The van der Waals surface area contributed by atoms with Gasteiger partial charge in [0.15, 0.2) is 12.2 Å². The maximum atomic E-state index is 11.8. The van der Waals surface area contributed by atoms with Crippen LogP contribution in [0.1, 0.15) is 78.2 Å². The molecule has 0 aromatic rings. The molecule has 2 unspecified atom stereocenters. The van der Waals surface area contributed by atoms with E-state index in [-0.39, 0.29) is 57.9 Å². The molecular formula is C22H50N4O8. The largest absolute Gasteiger partial charge is 0.452 e. The predicted molar refractivity (Wildman–Crippen MR) is 135 cm³/mol. The highest BCUT2D eigenvalue weighted by Gasteiger charge is 2.21. The van der Waals surface area contributed by atoms with E-state index in [0.717, 1.165) is 0 Å². The fraction of sp³-hybridized carbons (Fsp3) is 0.727. The highest BCUT2D eigenvalue weighted by molar-refractivity contribution is 5.96. The van der Waals surface area contributed by atoms with Crippen molar-refractivity contribution in [3.63, 3.8) is 0 Å². The average Bonchev–Trinajstić information content (AvgIpc) is 2.58. The molecule has 34 heavy (non-hydrogen) atoms. The molecule has 12 heteroatoms. The Morgan fingerprint density at radius 1 is 0.647 bits per heavy atom. The number of hydrogen-bond donors (Lipinski definition) is 4. The third-order valence-electron chi connectivity index (χ3n) is 3.04. The predicted octanol–water partition coefficient (Wildman–Crippen LogP) is 1.52. The Hall–Kier alpha value is -3.02. The number of ether oxygens (including phenoxy) is 2. The number of esters is 2. The first kappa shape index (κ1) is 48.4. The number of ketones is 1. The van der Waals surface area contributed by atoms with Gasteiger partial charge >= 0.3 is 11.9 Å². The molecule has 0 aromatic heterocycles. The van der Waals surface area contributed by atoms with Gasteiger partial charge in [-0.25, -0.2) is 0 Å². The van der Waals surface area contributed by atoms with Crippen molar-refractivity contribution in [2.45, 2.75) is 90.4 Å². The second-order valence-corrected chi connectivity index (χ2v) is 5.71. The smallest absolute Gasteiger partial charge is 0.316 e. The van der Waals surface area contributed by atoms with Crippen molar-refractivity contribution >= 4 is 35.4 Å². The third-order valence-corrected chi connectivity index (χ3v) is 3.04. The Kier molecular flexibility index (Phi) is 37.4. The van der Waals surface area contributed by atoms with E-state index in [4.69, 9.17) is 9.47 Å². The summed E-state index contributed by atoms with van der Waals surface area (Å²) in [6.07, 6.45) is -3.33. The van der Waals surface area contributed by atoms with Gasteiger partial charge in [0.1, 0.15) is 18.6 Å². The summed E-state index contributed by atoms with van der Waals surface area (Å²) in [5.41, 5.74) is 0. The monoisotopic (exact) mass is 498 g/mol. The van der Waals surface area contributed by atoms with Gasteiger partial charge in [-0.3, -0.25) is 28.8 Å². The quantitative estimate of drug-likeness (QED) is 0.177. The van der Waals surface area contributed by atoms with Gasteiger partial charge in [0.2, 0.25) is 5.91 Å². The highest BCUT2D eigenvalue weighted by atomic mass is 16.6. The van der Waals surface area contributed by atoms with E-state index in [9.17, 15) is 28.8 Å². The summed E-state index contributed by atoms with van der Waals surface area (Å²) < 4.78 is 9.56. The summed E-state index contributed by atoms with van der Waals surface area (Å²) in [6.45, 7) is 3.69. The van der Waals surface area contributed by atoms with Crippen LogP contribution < -0.4 is 21.3 Å². The van der Waals surface area contributed by atoms with Crippen LogP contribution in [0.4, 0.5) is 0 Å². The van der Waals surface area contributed by atoms with Gasteiger partial charge < -0.3 is 30.7 Å². The number of rotatable bonds is 12. The van der Waals surface area contributed by atoms with Crippen LogP contribution in [-0.4, -0.2) is 68.0 Å². The average molecular weight is 499 g/mol. The Morgan fingerprint density at radius 3 is 1.38 bits per heavy atom. The van der Waals surface area contributed by atoms with Crippen LogP contribution >= 0.6 is 0 Å². The molecule has 2 atom stereocenters. The van der Waals surface area contributed by atoms with Gasteiger partial charge in [-0.05, 0) is 27.8 Å². The molecule has 0 aliphatic carbocycles. The van der Waals surface area contributed by atoms with Gasteiger partial charge in [-0.2, -0.15) is 0 Å². The summed E-state index contributed by atoms with van der Waals surface area (Å²) >= 11 is 0. The molecule has 0 rings (SSSR count). The Morgan fingerprint density at radius 2 is 1.03 bits per heavy atom. The lowest BCUT2D eigenvalue weighted by Gasteiger charge is -2.16. The number of Topliss-reactive ketones (excluding diaryl/α,β-unsaturated/α-hetero) is 1. The molecule has 0 aromatic carbocycles. The number of nitrogens with one attached hydrogen (secondary N) is 4. The molecule has 0 aliphatic heterocycles. The lowest BCUT2D eigenvalue weighted by atomic mass is 10.3. The summed E-state index contributed by atoms with van der Waals surface area (Å²) in [4.78, 5) is 68.6. The van der Waals surface area contributed by atoms with Crippen LogP contribution in [-0.2, 0) is 38.2 Å². The molecule has 0 heterocycles. The minimum Gasteiger partial charge on any atom is -0.452 e. The SMILES string of the molecule is C.C.C.C.C.C.CNCNC(=O)CC(=O)OC(C)C(=O)NCNC(=O)C(C)OC(=O)CC(C)=O. The Labute approximate surface area is 206 Å². The van der Waals surface area contributed by atoms with Crippen molar-refractivity contribution in [1.82, 2.24) is 21.3 Å². The zero-order chi connectivity index (χ0) is 21.7.